The van der Waals surface area contributed by atoms with E-state index in [4.69, 9.17) is 19.3 Å². The minimum atomic E-state index is -0.996. The normalized spacial score (nSPS) is 10.9. The van der Waals surface area contributed by atoms with Crippen LogP contribution in [0, 0.1) is 0 Å². The number of rotatable bonds is 6. The second kappa shape index (κ2) is 7.10. The molecule has 19 heavy (non-hydrogen) atoms. The lowest BCUT2D eigenvalue weighted by molar-refractivity contribution is -0.131. The minimum absolute atomic E-state index is 0.495. The Bertz CT molecular complexity index is 503. The average molecular weight is 264 g/mol. The van der Waals surface area contributed by atoms with Crippen molar-refractivity contribution < 1.29 is 24.1 Å². The second-order valence-electron chi connectivity index (χ2n) is 3.48. The molecule has 5 heteroatoms. The molecule has 1 aromatic rings. The number of hydrogen-bond acceptors (Lipinski definition) is 4. The molecule has 0 atom stereocenters. The zero-order valence-corrected chi connectivity index (χ0v) is 11.0. The molecule has 0 aromatic heterocycles. The number of carboxylic acids is 1. The van der Waals surface area contributed by atoms with E-state index in [0.29, 0.717) is 17.2 Å². The Hall–Kier alpha value is -2.43. The summed E-state index contributed by atoms with van der Waals surface area (Å²) >= 11 is 0. The van der Waals surface area contributed by atoms with E-state index in [0.717, 1.165) is 11.6 Å². The van der Waals surface area contributed by atoms with E-state index in [1.54, 1.807) is 31.4 Å². The van der Waals surface area contributed by atoms with Gasteiger partial charge in [-0.2, -0.15) is 0 Å². The van der Waals surface area contributed by atoms with Gasteiger partial charge in [0.05, 0.1) is 21.3 Å². The van der Waals surface area contributed by atoms with Crippen LogP contribution >= 0.6 is 0 Å². The largest absolute Gasteiger partial charge is 0.493 e. The maximum atomic E-state index is 10.3. The summed E-state index contributed by atoms with van der Waals surface area (Å²) in [5.74, 6) is 0.595. The third-order valence-electron chi connectivity index (χ3n) is 2.36. The smallest absolute Gasteiger partial charge is 0.328 e. The van der Waals surface area contributed by atoms with Crippen LogP contribution in [0.4, 0.5) is 0 Å². The zero-order valence-electron chi connectivity index (χ0n) is 11.0. The lowest BCUT2D eigenvalue weighted by Crippen LogP contribution is -1.96. The number of benzene rings is 1. The van der Waals surface area contributed by atoms with Gasteiger partial charge in [-0.1, -0.05) is 18.2 Å². The molecular weight excluding hydrogens is 248 g/mol. The van der Waals surface area contributed by atoms with Gasteiger partial charge in [-0.3, -0.25) is 0 Å². The van der Waals surface area contributed by atoms with Crippen LogP contribution in [-0.4, -0.2) is 32.4 Å². The van der Waals surface area contributed by atoms with E-state index in [-0.39, 0.29) is 0 Å². The third-order valence-corrected chi connectivity index (χ3v) is 2.36. The van der Waals surface area contributed by atoms with Crippen LogP contribution in [0.25, 0.3) is 6.08 Å². The van der Waals surface area contributed by atoms with Gasteiger partial charge in [0.2, 0.25) is 5.75 Å². The highest BCUT2D eigenvalue weighted by Gasteiger charge is 2.13. The number of hydrogen-bond donors (Lipinski definition) is 1. The van der Waals surface area contributed by atoms with Gasteiger partial charge in [0.1, 0.15) is 0 Å². The van der Waals surface area contributed by atoms with Crippen molar-refractivity contribution in [3.8, 4) is 17.2 Å². The summed E-state index contributed by atoms with van der Waals surface area (Å²) < 4.78 is 15.7. The predicted octanol–water partition coefficient (Wildman–Crippen LogP) is 2.37. The van der Waals surface area contributed by atoms with E-state index in [9.17, 15) is 4.79 Å². The maximum absolute atomic E-state index is 10.3. The molecule has 102 valence electrons. The molecule has 0 bridgehead atoms. The third kappa shape index (κ3) is 3.77. The minimum Gasteiger partial charge on any atom is -0.493 e. The molecular formula is C14H16O5. The maximum Gasteiger partial charge on any atom is 0.328 e. The molecule has 0 unspecified atom stereocenters. The average Bonchev–Trinajstić information content (AvgIpc) is 2.42. The van der Waals surface area contributed by atoms with Crippen LogP contribution in [0.3, 0.4) is 0 Å². The molecule has 5 nitrogen and oxygen atoms in total. The lowest BCUT2D eigenvalue weighted by atomic mass is 10.1. The summed E-state index contributed by atoms with van der Waals surface area (Å²) in [6.07, 6.45) is 5.81. The second-order valence-corrected chi connectivity index (χ2v) is 3.48. The van der Waals surface area contributed by atoms with Crippen molar-refractivity contribution in [2.45, 2.75) is 0 Å². The number of methoxy groups -OCH3 is 3. The fraction of sp³-hybridized carbons (Fsp3) is 0.214. The molecule has 0 radical (unpaired) electrons. The molecule has 0 aliphatic carbocycles. The van der Waals surface area contributed by atoms with Gasteiger partial charge in [-0.15, -0.1) is 0 Å². The summed E-state index contributed by atoms with van der Waals surface area (Å²) in [6.45, 7) is 0. The van der Waals surface area contributed by atoms with Crippen LogP contribution in [-0.2, 0) is 4.79 Å². The molecule has 0 saturated carbocycles. The summed E-state index contributed by atoms with van der Waals surface area (Å²) in [5.41, 5.74) is 0.759. The fourth-order valence-corrected chi connectivity index (χ4v) is 1.55. The van der Waals surface area contributed by atoms with Gasteiger partial charge >= 0.3 is 5.97 Å². The van der Waals surface area contributed by atoms with Gasteiger partial charge in [0, 0.05) is 11.6 Å². The van der Waals surface area contributed by atoms with Gasteiger partial charge in [-0.25, -0.2) is 4.79 Å². The molecule has 0 aliphatic rings. The molecule has 0 amide bonds. The monoisotopic (exact) mass is 264 g/mol. The van der Waals surface area contributed by atoms with E-state index in [1.165, 1.54) is 20.3 Å². The summed E-state index contributed by atoms with van der Waals surface area (Å²) in [6, 6.07) is 3.55. The van der Waals surface area contributed by atoms with Crippen LogP contribution in [0.2, 0.25) is 0 Å². The summed E-state index contributed by atoms with van der Waals surface area (Å²) in [7, 11) is 4.60. The molecule has 1 aromatic carbocycles. The topological polar surface area (TPSA) is 65.0 Å². The van der Waals surface area contributed by atoms with Crippen molar-refractivity contribution in [1.29, 1.82) is 0 Å². The van der Waals surface area contributed by atoms with E-state index in [1.807, 2.05) is 0 Å². The fourth-order valence-electron chi connectivity index (χ4n) is 1.55. The first kappa shape index (κ1) is 14.6. The van der Waals surface area contributed by atoms with Crippen molar-refractivity contribution in [3.63, 3.8) is 0 Å². The Balaban J connectivity index is 3.11. The van der Waals surface area contributed by atoms with Crippen LogP contribution in [0.1, 0.15) is 5.56 Å². The Morgan fingerprint density at radius 1 is 1.05 bits per heavy atom. The number of aliphatic carboxylic acids is 1. The molecule has 1 rings (SSSR count). The van der Waals surface area contributed by atoms with E-state index >= 15 is 0 Å². The molecule has 0 spiro atoms. The highest BCUT2D eigenvalue weighted by Crippen LogP contribution is 2.40. The summed E-state index contributed by atoms with van der Waals surface area (Å²) in [4.78, 5) is 10.3. The number of carboxylic acid groups (broad SMARTS) is 1. The van der Waals surface area contributed by atoms with E-state index < -0.39 is 5.97 Å². The molecule has 1 N–H and O–H groups in total. The Kier molecular flexibility index (Phi) is 5.47. The van der Waals surface area contributed by atoms with Crippen LogP contribution in [0.5, 0.6) is 17.2 Å². The van der Waals surface area contributed by atoms with Crippen molar-refractivity contribution >= 4 is 12.0 Å². The molecule has 0 heterocycles. The predicted molar refractivity (Wildman–Crippen MR) is 71.9 cm³/mol. The lowest BCUT2D eigenvalue weighted by Gasteiger charge is -2.13. The molecule has 0 fully saturated rings. The van der Waals surface area contributed by atoms with Gasteiger partial charge in [0.25, 0.3) is 0 Å². The Morgan fingerprint density at radius 2 is 1.74 bits per heavy atom. The van der Waals surface area contributed by atoms with Gasteiger partial charge < -0.3 is 19.3 Å². The van der Waals surface area contributed by atoms with Crippen LogP contribution < -0.4 is 14.2 Å². The highest BCUT2D eigenvalue weighted by atomic mass is 16.5. The molecule has 0 saturated heterocycles. The standard InChI is InChI=1S/C14H16O5/c1-17-11-9-8-10(6-4-5-7-12(15)16)13(18-2)14(11)19-3/h4-9H,1-3H3,(H,15,16)/b6-4+,7-5+. The zero-order chi connectivity index (χ0) is 14.3. The first-order valence-corrected chi connectivity index (χ1v) is 5.50. The SMILES string of the molecule is COc1ccc(/C=C/C=C/C(=O)O)c(OC)c1OC. The van der Waals surface area contributed by atoms with Crippen molar-refractivity contribution in [2.24, 2.45) is 0 Å². The van der Waals surface area contributed by atoms with Crippen molar-refractivity contribution in [1.82, 2.24) is 0 Å². The number of ether oxygens (including phenoxy) is 3. The quantitative estimate of drug-likeness (QED) is 0.631. The van der Waals surface area contributed by atoms with Crippen LogP contribution in [0.15, 0.2) is 30.4 Å². The number of allylic oxidation sites excluding steroid dienone is 2. The number of carbonyl (C=O) groups is 1. The Morgan fingerprint density at radius 3 is 2.26 bits per heavy atom. The Labute approximate surface area is 111 Å². The molecule has 0 aliphatic heterocycles. The van der Waals surface area contributed by atoms with Gasteiger partial charge in [0.15, 0.2) is 11.5 Å². The van der Waals surface area contributed by atoms with Crippen molar-refractivity contribution in [2.75, 3.05) is 21.3 Å². The van der Waals surface area contributed by atoms with Gasteiger partial charge in [-0.05, 0) is 12.1 Å². The first-order valence-electron chi connectivity index (χ1n) is 5.50. The van der Waals surface area contributed by atoms with E-state index in [2.05, 4.69) is 0 Å². The van der Waals surface area contributed by atoms with Crippen molar-refractivity contribution in [3.05, 3.63) is 35.9 Å². The highest BCUT2D eigenvalue weighted by molar-refractivity contribution is 5.80. The first-order chi connectivity index (χ1) is 9.13. The summed E-state index contributed by atoms with van der Waals surface area (Å²) in [5, 5.41) is 8.48.